The highest BCUT2D eigenvalue weighted by Gasteiger charge is 1.99. The maximum Gasteiger partial charge on any atom is 0.213 e. The molecule has 0 spiro atoms. The lowest BCUT2D eigenvalue weighted by atomic mass is 10.1. The SMILES string of the molecule is COCCOc1ccc(NCc2ccccc2C)cn1. The summed E-state index contributed by atoms with van der Waals surface area (Å²) in [6.45, 7) is 3.98. The highest BCUT2D eigenvalue weighted by molar-refractivity contribution is 5.43. The summed E-state index contributed by atoms with van der Waals surface area (Å²) >= 11 is 0. The molecule has 2 aromatic rings. The van der Waals surface area contributed by atoms with Crippen molar-refractivity contribution in [3.63, 3.8) is 0 Å². The van der Waals surface area contributed by atoms with Gasteiger partial charge in [-0.3, -0.25) is 0 Å². The van der Waals surface area contributed by atoms with Crippen molar-refractivity contribution in [3.8, 4) is 5.88 Å². The molecule has 0 amide bonds. The summed E-state index contributed by atoms with van der Waals surface area (Å²) in [5.41, 5.74) is 3.55. The van der Waals surface area contributed by atoms with Gasteiger partial charge in [-0.25, -0.2) is 4.98 Å². The highest BCUT2D eigenvalue weighted by Crippen LogP contribution is 2.14. The van der Waals surface area contributed by atoms with Gasteiger partial charge in [0.25, 0.3) is 0 Å². The smallest absolute Gasteiger partial charge is 0.213 e. The van der Waals surface area contributed by atoms with Crippen LogP contribution in [0.1, 0.15) is 11.1 Å². The van der Waals surface area contributed by atoms with Crippen LogP contribution in [0.25, 0.3) is 0 Å². The van der Waals surface area contributed by atoms with Crippen LogP contribution in [0, 0.1) is 6.92 Å². The zero-order chi connectivity index (χ0) is 14.2. The molecule has 0 atom stereocenters. The van der Waals surface area contributed by atoms with E-state index in [1.807, 2.05) is 18.2 Å². The summed E-state index contributed by atoms with van der Waals surface area (Å²) in [4.78, 5) is 4.24. The average Bonchev–Trinajstić information content (AvgIpc) is 2.48. The molecular weight excluding hydrogens is 252 g/mol. The van der Waals surface area contributed by atoms with Crippen molar-refractivity contribution in [3.05, 3.63) is 53.7 Å². The number of benzene rings is 1. The van der Waals surface area contributed by atoms with Crippen molar-refractivity contribution in [2.24, 2.45) is 0 Å². The van der Waals surface area contributed by atoms with Gasteiger partial charge >= 0.3 is 0 Å². The first-order valence-electron chi connectivity index (χ1n) is 6.66. The molecule has 0 saturated carbocycles. The van der Waals surface area contributed by atoms with E-state index in [2.05, 4.69) is 35.4 Å². The average molecular weight is 272 g/mol. The minimum atomic E-state index is 0.513. The lowest BCUT2D eigenvalue weighted by Gasteiger charge is -2.09. The molecule has 1 N–H and O–H groups in total. The van der Waals surface area contributed by atoms with Crippen molar-refractivity contribution in [1.82, 2.24) is 4.98 Å². The maximum atomic E-state index is 5.42. The van der Waals surface area contributed by atoms with E-state index in [1.165, 1.54) is 11.1 Å². The van der Waals surface area contributed by atoms with Crippen LogP contribution >= 0.6 is 0 Å². The van der Waals surface area contributed by atoms with Crippen LogP contribution in [0.2, 0.25) is 0 Å². The van der Waals surface area contributed by atoms with Gasteiger partial charge in [-0.1, -0.05) is 24.3 Å². The summed E-state index contributed by atoms with van der Waals surface area (Å²) in [5, 5.41) is 3.35. The molecule has 20 heavy (non-hydrogen) atoms. The molecule has 0 aliphatic rings. The normalized spacial score (nSPS) is 10.3. The Morgan fingerprint density at radius 2 is 1.95 bits per heavy atom. The van der Waals surface area contributed by atoms with Gasteiger partial charge in [-0.15, -0.1) is 0 Å². The van der Waals surface area contributed by atoms with Crippen molar-refractivity contribution in [1.29, 1.82) is 0 Å². The zero-order valence-electron chi connectivity index (χ0n) is 11.9. The second-order valence-corrected chi connectivity index (χ2v) is 4.51. The van der Waals surface area contributed by atoms with E-state index >= 15 is 0 Å². The lowest BCUT2D eigenvalue weighted by Crippen LogP contribution is -2.06. The number of nitrogens with zero attached hydrogens (tertiary/aromatic N) is 1. The molecule has 2 rings (SSSR count). The standard InChI is InChI=1S/C16H20N2O2/c1-13-5-3-4-6-14(13)11-17-15-7-8-16(18-12-15)20-10-9-19-2/h3-8,12,17H,9-11H2,1-2H3. The van der Waals surface area contributed by atoms with Gasteiger partial charge in [-0.05, 0) is 24.1 Å². The molecule has 1 aromatic carbocycles. The quantitative estimate of drug-likeness (QED) is 0.787. The predicted octanol–water partition coefficient (Wildman–Crippen LogP) is 3.03. The van der Waals surface area contributed by atoms with Gasteiger partial charge in [0.05, 0.1) is 18.5 Å². The number of aryl methyl sites for hydroxylation is 1. The zero-order valence-corrected chi connectivity index (χ0v) is 11.9. The molecule has 106 valence electrons. The molecule has 4 nitrogen and oxygen atoms in total. The molecule has 4 heteroatoms. The van der Waals surface area contributed by atoms with Gasteiger partial charge in [0.2, 0.25) is 5.88 Å². The Morgan fingerprint density at radius 3 is 2.65 bits per heavy atom. The molecule has 1 heterocycles. The first-order chi connectivity index (χ1) is 9.79. The Labute approximate surface area is 119 Å². The van der Waals surface area contributed by atoms with Gasteiger partial charge in [0, 0.05) is 19.7 Å². The van der Waals surface area contributed by atoms with Gasteiger partial charge < -0.3 is 14.8 Å². The largest absolute Gasteiger partial charge is 0.475 e. The van der Waals surface area contributed by atoms with E-state index < -0.39 is 0 Å². The van der Waals surface area contributed by atoms with E-state index in [4.69, 9.17) is 9.47 Å². The van der Waals surface area contributed by atoms with Gasteiger partial charge in [-0.2, -0.15) is 0 Å². The van der Waals surface area contributed by atoms with E-state index in [0.717, 1.165) is 12.2 Å². The van der Waals surface area contributed by atoms with E-state index in [9.17, 15) is 0 Å². The second-order valence-electron chi connectivity index (χ2n) is 4.51. The fourth-order valence-electron chi connectivity index (χ4n) is 1.81. The Kier molecular flexibility index (Phi) is 5.38. The summed E-state index contributed by atoms with van der Waals surface area (Å²) < 4.78 is 10.3. The Balaban J connectivity index is 1.86. The van der Waals surface area contributed by atoms with Crippen LogP contribution < -0.4 is 10.1 Å². The van der Waals surface area contributed by atoms with Gasteiger partial charge in [0.15, 0.2) is 0 Å². The molecule has 1 aromatic heterocycles. The summed E-state index contributed by atoms with van der Waals surface area (Å²) in [5.74, 6) is 0.614. The molecule has 0 fully saturated rings. The maximum absolute atomic E-state index is 5.42. The Bertz CT molecular complexity index is 526. The molecule has 0 aliphatic carbocycles. The van der Waals surface area contributed by atoms with Crippen molar-refractivity contribution >= 4 is 5.69 Å². The number of hydrogen-bond acceptors (Lipinski definition) is 4. The first-order valence-corrected chi connectivity index (χ1v) is 6.66. The minimum absolute atomic E-state index is 0.513. The van der Waals surface area contributed by atoms with E-state index in [-0.39, 0.29) is 0 Å². The summed E-state index contributed by atoms with van der Waals surface area (Å²) in [6, 6.07) is 12.2. The number of nitrogens with one attached hydrogen (secondary N) is 1. The number of hydrogen-bond donors (Lipinski definition) is 1. The number of methoxy groups -OCH3 is 1. The van der Waals surface area contributed by atoms with Crippen molar-refractivity contribution in [2.75, 3.05) is 25.6 Å². The number of ether oxygens (including phenoxy) is 2. The van der Waals surface area contributed by atoms with Gasteiger partial charge in [0.1, 0.15) is 6.61 Å². The third kappa shape index (κ3) is 4.24. The second kappa shape index (κ2) is 7.50. The van der Waals surface area contributed by atoms with Crippen molar-refractivity contribution in [2.45, 2.75) is 13.5 Å². The van der Waals surface area contributed by atoms with Crippen LogP contribution in [0.4, 0.5) is 5.69 Å². The van der Waals surface area contributed by atoms with Crippen LogP contribution in [0.5, 0.6) is 5.88 Å². The highest BCUT2D eigenvalue weighted by atomic mass is 16.5. The first kappa shape index (κ1) is 14.3. The monoisotopic (exact) mass is 272 g/mol. The third-order valence-corrected chi connectivity index (χ3v) is 3.02. The molecule has 0 unspecified atom stereocenters. The third-order valence-electron chi connectivity index (χ3n) is 3.02. The molecule has 0 bridgehead atoms. The van der Waals surface area contributed by atoms with E-state index in [0.29, 0.717) is 19.1 Å². The Morgan fingerprint density at radius 1 is 1.10 bits per heavy atom. The number of pyridine rings is 1. The van der Waals surface area contributed by atoms with Crippen molar-refractivity contribution < 1.29 is 9.47 Å². The molecule has 0 aliphatic heterocycles. The van der Waals surface area contributed by atoms with E-state index in [1.54, 1.807) is 13.3 Å². The summed E-state index contributed by atoms with van der Waals surface area (Å²) in [6.07, 6.45) is 1.78. The molecular formula is C16H20N2O2. The Hall–Kier alpha value is -2.07. The molecule has 0 radical (unpaired) electrons. The van der Waals surface area contributed by atoms with Crippen LogP contribution in [-0.4, -0.2) is 25.3 Å². The lowest BCUT2D eigenvalue weighted by molar-refractivity contribution is 0.144. The topological polar surface area (TPSA) is 43.4 Å². The van der Waals surface area contributed by atoms with Crippen LogP contribution in [-0.2, 0) is 11.3 Å². The number of anilines is 1. The number of rotatable bonds is 7. The predicted molar refractivity (Wildman–Crippen MR) is 80.1 cm³/mol. The fraction of sp³-hybridized carbons (Fsp3) is 0.312. The minimum Gasteiger partial charge on any atom is -0.475 e. The van der Waals surface area contributed by atoms with Crippen LogP contribution in [0.15, 0.2) is 42.6 Å². The summed E-state index contributed by atoms with van der Waals surface area (Å²) in [7, 11) is 1.65. The molecule has 0 saturated heterocycles. The fourth-order valence-corrected chi connectivity index (χ4v) is 1.81. The van der Waals surface area contributed by atoms with Crippen LogP contribution in [0.3, 0.4) is 0 Å². The number of aromatic nitrogens is 1.